The van der Waals surface area contributed by atoms with E-state index in [0.717, 1.165) is 19.3 Å². The van der Waals surface area contributed by atoms with E-state index in [4.69, 9.17) is 0 Å². The lowest BCUT2D eigenvalue weighted by Gasteiger charge is -2.40. The van der Waals surface area contributed by atoms with Crippen molar-refractivity contribution in [2.45, 2.75) is 25.3 Å². The van der Waals surface area contributed by atoms with Gasteiger partial charge >= 0.3 is 0 Å². The fourth-order valence-electron chi connectivity index (χ4n) is 4.39. The molecule has 1 heterocycles. The third kappa shape index (κ3) is 6.04. The molecule has 6 heteroatoms. The van der Waals surface area contributed by atoms with Crippen LogP contribution in [-0.2, 0) is 16.0 Å². The molecule has 0 N–H and O–H groups in total. The van der Waals surface area contributed by atoms with Gasteiger partial charge in [0.1, 0.15) is 0 Å². The number of ketones is 1. The number of hydrogen-bond acceptors (Lipinski definition) is 4. The van der Waals surface area contributed by atoms with Gasteiger partial charge in [0.2, 0.25) is 11.7 Å². The Labute approximate surface area is 190 Å². The molecule has 2 aromatic carbocycles. The van der Waals surface area contributed by atoms with E-state index >= 15 is 0 Å². The minimum atomic E-state index is -0.455. The Morgan fingerprint density at radius 2 is 1.47 bits per heavy atom. The monoisotopic (exact) mass is 435 g/mol. The van der Waals surface area contributed by atoms with E-state index in [1.165, 1.54) is 5.56 Å². The average Bonchev–Trinajstić information content (AvgIpc) is 2.82. The number of likely N-dealkylation sites (N-methyl/N-ethyl adjacent to an activating group) is 2. The molecule has 1 aliphatic heterocycles. The molecule has 1 fully saturated rings. The smallest absolute Gasteiger partial charge is 0.294 e. The molecule has 3 rings (SSSR count). The van der Waals surface area contributed by atoms with Crippen molar-refractivity contribution in [2.75, 3.05) is 40.8 Å². The number of rotatable bonds is 8. The van der Waals surface area contributed by atoms with E-state index < -0.39 is 11.7 Å². The Bertz CT molecular complexity index is 906. The Kier molecular flexibility index (Phi) is 8.17. The number of amides is 2. The maximum Gasteiger partial charge on any atom is 0.294 e. The Morgan fingerprint density at radius 1 is 0.906 bits per heavy atom. The largest absolute Gasteiger partial charge is 0.341 e. The van der Waals surface area contributed by atoms with Crippen LogP contribution in [0, 0.1) is 5.92 Å². The lowest BCUT2D eigenvalue weighted by atomic mass is 9.84. The summed E-state index contributed by atoms with van der Waals surface area (Å²) in [5.74, 6) is -0.537. The molecule has 1 aliphatic rings. The van der Waals surface area contributed by atoms with Gasteiger partial charge in [-0.2, -0.15) is 0 Å². The van der Waals surface area contributed by atoms with Gasteiger partial charge in [0.25, 0.3) is 5.91 Å². The molecule has 2 aromatic rings. The van der Waals surface area contributed by atoms with Crippen LogP contribution < -0.4 is 0 Å². The predicted molar refractivity (Wildman–Crippen MR) is 125 cm³/mol. The van der Waals surface area contributed by atoms with E-state index in [1.807, 2.05) is 55.2 Å². The summed E-state index contributed by atoms with van der Waals surface area (Å²) in [5, 5.41) is 0. The summed E-state index contributed by atoms with van der Waals surface area (Å²) in [5.41, 5.74) is 1.62. The Balaban J connectivity index is 1.68. The normalized spacial score (nSPS) is 15.4. The highest BCUT2D eigenvalue weighted by Crippen LogP contribution is 2.27. The highest BCUT2D eigenvalue weighted by Gasteiger charge is 2.34. The van der Waals surface area contributed by atoms with Gasteiger partial charge in [-0.05, 0) is 44.8 Å². The maximum atomic E-state index is 12.8. The number of piperidine rings is 1. The number of hydrogen-bond donors (Lipinski definition) is 0. The second-order valence-electron chi connectivity index (χ2n) is 8.82. The standard InChI is InChI=1S/C26H33N3O3/c1-27(2)19-24(30)28(3)23(18-20-10-6-4-7-11-20)21-14-16-29(17-15-21)26(32)25(31)22-12-8-5-9-13-22/h4-13,21,23H,14-19H2,1-3H3. The molecule has 0 aliphatic carbocycles. The van der Waals surface area contributed by atoms with Gasteiger partial charge in [0.15, 0.2) is 0 Å². The van der Waals surface area contributed by atoms with Crippen molar-refractivity contribution in [3.05, 3.63) is 71.8 Å². The van der Waals surface area contributed by atoms with Gasteiger partial charge in [0.05, 0.1) is 6.54 Å². The van der Waals surface area contributed by atoms with Crippen LogP contribution in [-0.4, -0.2) is 79.1 Å². The van der Waals surface area contributed by atoms with Gasteiger partial charge in [0, 0.05) is 31.7 Å². The van der Waals surface area contributed by atoms with Crippen LogP contribution in [0.3, 0.4) is 0 Å². The second kappa shape index (κ2) is 11.0. The van der Waals surface area contributed by atoms with Gasteiger partial charge in [-0.1, -0.05) is 60.7 Å². The third-order valence-corrected chi connectivity index (χ3v) is 6.23. The molecule has 1 saturated heterocycles. The first-order valence-electron chi connectivity index (χ1n) is 11.2. The number of nitrogens with zero attached hydrogens (tertiary/aromatic N) is 3. The fraction of sp³-hybridized carbons (Fsp3) is 0.423. The molecule has 0 radical (unpaired) electrons. The average molecular weight is 436 g/mol. The van der Waals surface area contributed by atoms with E-state index in [0.29, 0.717) is 25.2 Å². The number of carbonyl (C=O) groups excluding carboxylic acids is 3. The molecule has 0 spiro atoms. The summed E-state index contributed by atoms with van der Waals surface area (Å²) in [4.78, 5) is 43.5. The zero-order chi connectivity index (χ0) is 23.1. The minimum absolute atomic E-state index is 0.0481. The van der Waals surface area contributed by atoms with Crippen molar-refractivity contribution in [2.24, 2.45) is 5.92 Å². The summed E-state index contributed by atoms with van der Waals surface area (Å²) in [6.45, 7) is 1.43. The van der Waals surface area contributed by atoms with Crippen molar-refractivity contribution in [3.8, 4) is 0 Å². The Hall–Kier alpha value is -2.99. The van der Waals surface area contributed by atoms with Crippen LogP contribution in [0.4, 0.5) is 0 Å². The second-order valence-corrected chi connectivity index (χ2v) is 8.82. The van der Waals surface area contributed by atoms with Crippen LogP contribution >= 0.6 is 0 Å². The summed E-state index contributed by atoms with van der Waals surface area (Å²) in [7, 11) is 5.67. The SMILES string of the molecule is CN(C)CC(=O)N(C)C(Cc1ccccc1)C1CCN(C(=O)C(=O)c2ccccc2)CC1. The molecule has 32 heavy (non-hydrogen) atoms. The summed E-state index contributed by atoms with van der Waals surface area (Å²) >= 11 is 0. The number of likely N-dealkylation sites (tertiary alicyclic amines) is 1. The van der Waals surface area contributed by atoms with E-state index in [1.54, 1.807) is 29.2 Å². The predicted octanol–water partition coefficient (Wildman–Crippen LogP) is 2.74. The molecular weight excluding hydrogens is 402 g/mol. The van der Waals surface area contributed by atoms with Crippen molar-refractivity contribution in [3.63, 3.8) is 0 Å². The first kappa shape index (κ1) is 23.7. The van der Waals surface area contributed by atoms with Crippen LogP contribution in [0.2, 0.25) is 0 Å². The molecule has 0 aromatic heterocycles. The molecular formula is C26H33N3O3. The van der Waals surface area contributed by atoms with Gasteiger partial charge in [-0.15, -0.1) is 0 Å². The summed E-state index contributed by atoms with van der Waals surface area (Å²) < 4.78 is 0. The van der Waals surface area contributed by atoms with Crippen LogP contribution in [0.5, 0.6) is 0 Å². The molecule has 6 nitrogen and oxygen atoms in total. The first-order chi connectivity index (χ1) is 15.4. The summed E-state index contributed by atoms with van der Waals surface area (Å²) in [6, 6.07) is 19.0. The molecule has 0 bridgehead atoms. The van der Waals surface area contributed by atoms with Gasteiger partial charge < -0.3 is 14.7 Å². The van der Waals surface area contributed by atoms with Crippen molar-refractivity contribution in [1.29, 1.82) is 0 Å². The van der Waals surface area contributed by atoms with Crippen LogP contribution in [0.1, 0.15) is 28.8 Å². The maximum absolute atomic E-state index is 12.8. The van der Waals surface area contributed by atoms with E-state index in [-0.39, 0.29) is 17.9 Å². The third-order valence-electron chi connectivity index (χ3n) is 6.23. The van der Waals surface area contributed by atoms with E-state index in [2.05, 4.69) is 12.1 Å². The van der Waals surface area contributed by atoms with Gasteiger partial charge in [-0.25, -0.2) is 0 Å². The number of benzene rings is 2. The zero-order valence-electron chi connectivity index (χ0n) is 19.2. The molecule has 2 amide bonds. The van der Waals surface area contributed by atoms with E-state index in [9.17, 15) is 14.4 Å². The molecule has 1 atom stereocenters. The Morgan fingerprint density at radius 3 is 2.03 bits per heavy atom. The van der Waals surface area contributed by atoms with Gasteiger partial charge in [-0.3, -0.25) is 14.4 Å². The quantitative estimate of drug-likeness (QED) is 0.473. The molecule has 1 unspecified atom stereocenters. The minimum Gasteiger partial charge on any atom is -0.341 e. The fourth-order valence-corrected chi connectivity index (χ4v) is 4.39. The van der Waals surface area contributed by atoms with Crippen molar-refractivity contribution in [1.82, 2.24) is 14.7 Å². The number of carbonyl (C=O) groups is 3. The zero-order valence-corrected chi connectivity index (χ0v) is 19.2. The lowest BCUT2D eigenvalue weighted by molar-refractivity contribution is -0.135. The molecule has 170 valence electrons. The lowest BCUT2D eigenvalue weighted by Crippen LogP contribution is -2.50. The van der Waals surface area contributed by atoms with Crippen molar-refractivity contribution < 1.29 is 14.4 Å². The topological polar surface area (TPSA) is 60.9 Å². The van der Waals surface area contributed by atoms with Crippen LogP contribution in [0.15, 0.2) is 60.7 Å². The molecule has 0 saturated carbocycles. The first-order valence-corrected chi connectivity index (χ1v) is 11.2. The van der Waals surface area contributed by atoms with Crippen molar-refractivity contribution >= 4 is 17.6 Å². The highest BCUT2D eigenvalue weighted by atomic mass is 16.2. The van der Waals surface area contributed by atoms with Crippen LogP contribution in [0.25, 0.3) is 0 Å². The number of Topliss-reactive ketones (excluding diaryl/α,β-unsaturated/α-hetero) is 1. The highest BCUT2D eigenvalue weighted by molar-refractivity contribution is 6.42. The summed E-state index contributed by atoms with van der Waals surface area (Å²) in [6.07, 6.45) is 2.31.